The third-order valence-electron chi connectivity index (χ3n) is 0.884. The molecular weight excluding hydrogens is 203 g/mol. The summed E-state index contributed by atoms with van der Waals surface area (Å²) in [5.74, 6) is 5.36. The van der Waals surface area contributed by atoms with Crippen molar-refractivity contribution >= 4 is 27.5 Å². The van der Waals surface area contributed by atoms with Crippen LogP contribution in [0.3, 0.4) is 0 Å². The first-order chi connectivity index (χ1) is 4.20. The normalized spacial score (nSPS) is 9.56. The number of halogens is 2. The quantitative estimate of drug-likeness (QED) is 0.502. The van der Waals surface area contributed by atoms with Crippen molar-refractivity contribution in [2.45, 2.75) is 0 Å². The summed E-state index contributed by atoms with van der Waals surface area (Å²) in [6.45, 7) is 0. The van der Waals surface area contributed by atoms with Gasteiger partial charge in [-0.2, -0.15) is 0 Å². The highest BCUT2D eigenvalue weighted by Gasteiger charge is 2.00. The van der Waals surface area contributed by atoms with Crippen molar-refractivity contribution in [3.05, 3.63) is 28.0 Å². The first kappa shape index (κ1) is 6.83. The van der Waals surface area contributed by atoms with Gasteiger partial charge in [-0.25, -0.2) is 5.84 Å². The number of aromatic nitrogens is 1. The van der Waals surface area contributed by atoms with Crippen molar-refractivity contribution in [1.82, 2.24) is 0 Å². The smallest absolute Gasteiger partial charge is 0.205 e. The Kier molecular flexibility index (Phi) is 1.93. The van der Waals surface area contributed by atoms with Crippen molar-refractivity contribution in [1.29, 1.82) is 0 Å². The molecule has 0 atom stereocenters. The van der Waals surface area contributed by atoms with Crippen LogP contribution >= 0.6 is 27.5 Å². The predicted octanol–water partition coefficient (Wildman–Crippen LogP) is 1.10. The average molecular weight is 208 g/mol. The third kappa shape index (κ3) is 1.56. The van der Waals surface area contributed by atoms with E-state index in [2.05, 4.69) is 15.9 Å². The monoisotopic (exact) mass is 207 g/mol. The SMILES string of the molecule is N[n+]1ccc(Cl)c(Br)c1. The van der Waals surface area contributed by atoms with Crippen LogP contribution in [0.1, 0.15) is 0 Å². The fraction of sp³-hybridized carbons (Fsp3) is 0. The number of nitrogen functional groups attached to an aromatic ring is 1. The molecule has 0 fully saturated rings. The highest BCUT2D eigenvalue weighted by atomic mass is 79.9. The van der Waals surface area contributed by atoms with E-state index in [0.717, 1.165) is 4.47 Å². The zero-order valence-electron chi connectivity index (χ0n) is 4.51. The Balaban J connectivity index is 3.17. The molecule has 1 heterocycles. The summed E-state index contributed by atoms with van der Waals surface area (Å²) >= 11 is 8.88. The molecular formula is C5H5BrClN2+. The van der Waals surface area contributed by atoms with Gasteiger partial charge in [-0.1, -0.05) is 16.3 Å². The van der Waals surface area contributed by atoms with Gasteiger partial charge < -0.3 is 0 Å². The number of pyridine rings is 1. The van der Waals surface area contributed by atoms with E-state index >= 15 is 0 Å². The predicted molar refractivity (Wildman–Crippen MR) is 39.5 cm³/mol. The largest absolute Gasteiger partial charge is 0.214 e. The standard InChI is InChI=1S/C5H5BrClN2/c6-4-3-9(8)2-1-5(4)7/h1-3H,8H2/q+1. The van der Waals surface area contributed by atoms with E-state index in [1.807, 2.05) is 0 Å². The Hall–Kier alpha value is -0.280. The maximum atomic E-state index is 5.66. The minimum absolute atomic E-state index is 0.664. The third-order valence-corrected chi connectivity index (χ3v) is 2.07. The second-order valence-electron chi connectivity index (χ2n) is 1.59. The molecule has 9 heavy (non-hydrogen) atoms. The fourth-order valence-electron chi connectivity index (χ4n) is 0.467. The average Bonchev–Trinajstić information content (AvgIpc) is 1.80. The van der Waals surface area contributed by atoms with E-state index in [-0.39, 0.29) is 0 Å². The molecule has 0 aliphatic carbocycles. The molecule has 0 spiro atoms. The van der Waals surface area contributed by atoms with Crippen LogP contribution < -0.4 is 10.5 Å². The van der Waals surface area contributed by atoms with Gasteiger partial charge in [0.15, 0.2) is 0 Å². The van der Waals surface area contributed by atoms with E-state index in [1.54, 1.807) is 18.5 Å². The van der Waals surface area contributed by atoms with Crippen molar-refractivity contribution in [3.8, 4) is 0 Å². The summed E-state index contributed by atoms with van der Waals surface area (Å²) in [6.07, 6.45) is 3.36. The van der Waals surface area contributed by atoms with Crippen LogP contribution in [0.25, 0.3) is 0 Å². The van der Waals surface area contributed by atoms with Gasteiger partial charge in [-0.05, 0) is 15.9 Å². The molecule has 0 radical (unpaired) electrons. The Labute approximate surface area is 66.3 Å². The molecule has 1 rings (SSSR count). The van der Waals surface area contributed by atoms with Gasteiger partial charge in [0, 0.05) is 6.07 Å². The number of hydrogen-bond acceptors (Lipinski definition) is 1. The van der Waals surface area contributed by atoms with E-state index in [0.29, 0.717) is 5.02 Å². The van der Waals surface area contributed by atoms with Gasteiger partial charge in [0.05, 0.1) is 5.02 Å². The minimum Gasteiger partial charge on any atom is -0.205 e. The van der Waals surface area contributed by atoms with Crippen LogP contribution in [0.5, 0.6) is 0 Å². The number of hydrogen-bond donors (Lipinski definition) is 1. The molecule has 0 amide bonds. The van der Waals surface area contributed by atoms with Gasteiger partial charge in [-0.3, -0.25) is 0 Å². The van der Waals surface area contributed by atoms with Crippen LogP contribution in [-0.2, 0) is 0 Å². The summed E-state index contributed by atoms with van der Waals surface area (Å²) in [5, 5.41) is 0.664. The second kappa shape index (κ2) is 2.54. The Morgan fingerprint density at radius 2 is 2.33 bits per heavy atom. The second-order valence-corrected chi connectivity index (χ2v) is 2.85. The molecule has 0 unspecified atom stereocenters. The first-order valence-electron chi connectivity index (χ1n) is 2.31. The van der Waals surface area contributed by atoms with Crippen LogP contribution in [0.2, 0.25) is 5.02 Å². The molecule has 2 nitrogen and oxygen atoms in total. The lowest BCUT2D eigenvalue weighted by Crippen LogP contribution is -2.43. The lowest BCUT2D eigenvalue weighted by Gasteiger charge is -1.88. The highest BCUT2D eigenvalue weighted by molar-refractivity contribution is 9.10. The summed E-state index contributed by atoms with van der Waals surface area (Å²) in [6, 6.07) is 1.71. The Morgan fingerprint density at radius 3 is 2.78 bits per heavy atom. The van der Waals surface area contributed by atoms with E-state index < -0.39 is 0 Å². The molecule has 2 N–H and O–H groups in total. The maximum absolute atomic E-state index is 5.66. The zero-order chi connectivity index (χ0) is 6.85. The van der Waals surface area contributed by atoms with Crippen LogP contribution in [-0.4, -0.2) is 0 Å². The fourth-order valence-corrected chi connectivity index (χ4v) is 0.940. The number of rotatable bonds is 0. The van der Waals surface area contributed by atoms with Crippen LogP contribution in [0.4, 0.5) is 0 Å². The maximum Gasteiger partial charge on any atom is 0.214 e. The lowest BCUT2D eigenvalue weighted by atomic mass is 10.5. The summed E-state index contributed by atoms with van der Waals surface area (Å²) in [4.78, 5) is 0. The molecule has 4 heteroatoms. The molecule has 0 aromatic carbocycles. The van der Waals surface area contributed by atoms with Crippen molar-refractivity contribution in [2.75, 3.05) is 5.84 Å². The van der Waals surface area contributed by atoms with Gasteiger partial charge in [-0.15, -0.1) is 0 Å². The van der Waals surface area contributed by atoms with E-state index in [9.17, 15) is 0 Å². The van der Waals surface area contributed by atoms with Crippen LogP contribution in [0, 0.1) is 0 Å². The molecule has 0 saturated carbocycles. The topological polar surface area (TPSA) is 29.9 Å². The van der Waals surface area contributed by atoms with Crippen molar-refractivity contribution in [2.24, 2.45) is 0 Å². The highest BCUT2D eigenvalue weighted by Crippen LogP contribution is 2.17. The lowest BCUT2D eigenvalue weighted by molar-refractivity contribution is -0.639. The zero-order valence-corrected chi connectivity index (χ0v) is 6.85. The molecule has 1 aromatic heterocycles. The van der Waals surface area contributed by atoms with E-state index in [1.165, 1.54) is 4.68 Å². The summed E-state index contributed by atoms with van der Waals surface area (Å²) < 4.78 is 2.23. The van der Waals surface area contributed by atoms with Gasteiger partial charge in [0.25, 0.3) is 0 Å². The minimum atomic E-state index is 0.664. The van der Waals surface area contributed by atoms with Gasteiger partial charge in [0.2, 0.25) is 12.4 Å². The molecule has 0 aliphatic rings. The molecule has 0 aliphatic heterocycles. The molecule has 0 bridgehead atoms. The Morgan fingerprint density at radius 1 is 1.67 bits per heavy atom. The van der Waals surface area contributed by atoms with Crippen LogP contribution in [0.15, 0.2) is 22.9 Å². The number of nitrogens with zero attached hydrogens (tertiary/aromatic N) is 1. The van der Waals surface area contributed by atoms with Gasteiger partial charge in [0.1, 0.15) is 4.47 Å². The molecule has 0 saturated heterocycles. The molecule has 1 aromatic rings. The number of nitrogens with two attached hydrogens (primary N) is 1. The molecule has 48 valence electrons. The summed E-state index contributed by atoms with van der Waals surface area (Å²) in [5.41, 5.74) is 0. The van der Waals surface area contributed by atoms with Gasteiger partial charge >= 0.3 is 0 Å². The first-order valence-corrected chi connectivity index (χ1v) is 3.48. The summed E-state index contributed by atoms with van der Waals surface area (Å²) in [7, 11) is 0. The van der Waals surface area contributed by atoms with E-state index in [4.69, 9.17) is 17.4 Å². The Bertz CT molecular complexity index is 226. The van der Waals surface area contributed by atoms with Crippen molar-refractivity contribution < 1.29 is 4.68 Å². The van der Waals surface area contributed by atoms with Crippen molar-refractivity contribution in [3.63, 3.8) is 0 Å².